The molecule has 1 aliphatic heterocycles. The highest BCUT2D eigenvalue weighted by atomic mass is 32.1. The molecule has 0 spiro atoms. The maximum absolute atomic E-state index is 12.4. The molecule has 32 heavy (non-hydrogen) atoms. The van der Waals surface area contributed by atoms with Crippen molar-refractivity contribution in [2.24, 2.45) is 7.05 Å². The van der Waals surface area contributed by atoms with E-state index in [2.05, 4.69) is 25.4 Å². The van der Waals surface area contributed by atoms with Crippen LogP contribution in [0, 0.1) is 0 Å². The van der Waals surface area contributed by atoms with Crippen LogP contribution in [0.15, 0.2) is 48.1 Å². The maximum Gasteiger partial charge on any atom is 0.260 e. The Hall–Kier alpha value is -3.70. The largest absolute Gasteiger partial charge is 0.374 e. The Morgan fingerprint density at radius 1 is 1.09 bits per heavy atom. The third-order valence-electron chi connectivity index (χ3n) is 5.28. The van der Waals surface area contributed by atoms with Gasteiger partial charge in [-0.15, -0.1) is 11.3 Å². The Morgan fingerprint density at radius 2 is 1.91 bits per heavy atom. The summed E-state index contributed by atoms with van der Waals surface area (Å²) in [4.78, 5) is 31.9. The average molecular weight is 449 g/mol. The number of likely N-dealkylation sites (tertiary alicyclic amines) is 1. The molecule has 4 aromatic heterocycles. The Bertz CT molecular complexity index is 1300. The second-order valence-electron chi connectivity index (χ2n) is 7.55. The molecule has 0 saturated carbocycles. The second-order valence-corrected chi connectivity index (χ2v) is 8.41. The first-order valence-electron chi connectivity index (χ1n) is 9.94. The Labute approximate surface area is 187 Å². The molecular formula is C21H20N8O2S. The van der Waals surface area contributed by atoms with Gasteiger partial charge in [-0.25, -0.2) is 19.9 Å². The van der Waals surface area contributed by atoms with Crippen molar-refractivity contribution in [2.45, 2.75) is 12.0 Å². The highest BCUT2D eigenvalue weighted by molar-refractivity contribution is 7.13. The van der Waals surface area contributed by atoms with Gasteiger partial charge in [0, 0.05) is 50.9 Å². The quantitative estimate of drug-likeness (QED) is 0.476. The second kappa shape index (κ2) is 7.77. The molecule has 0 radical (unpaired) electrons. The molecule has 5 heterocycles. The van der Waals surface area contributed by atoms with E-state index in [1.54, 1.807) is 29.4 Å². The van der Waals surface area contributed by atoms with Crippen LogP contribution in [0.1, 0.15) is 12.1 Å². The summed E-state index contributed by atoms with van der Waals surface area (Å²) in [6.07, 6.45) is 3.81. The van der Waals surface area contributed by atoms with Crippen molar-refractivity contribution < 1.29 is 9.90 Å². The monoisotopic (exact) mass is 448 g/mol. The number of amides is 1. The summed E-state index contributed by atoms with van der Waals surface area (Å²) in [6, 6.07) is 9.17. The predicted molar refractivity (Wildman–Crippen MR) is 119 cm³/mol. The van der Waals surface area contributed by atoms with Crippen LogP contribution < -0.4 is 5.32 Å². The van der Waals surface area contributed by atoms with Crippen LogP contribution in [-0.4, -0.2) is 59.2 Å². The van der Waals surface area contributed by atoms with Crippen molar-refractivity contribution in [3.63, 3.8) is 0 Å². The number of pyridine rings is 1. The van der Waals surface area contributed by atoms with E-state index in [0.29, 0.717) is 52.5 Å². The molecule has 0 unspecified atom stereocenters. The first-order chi connectivity index (χ1) is 15.4. The van der Waals surface area contributed by atoms with Gasteiger partial charge in [0.05, 0.1) is 22.8 Å². The lowest BCUT2D eigenvalue weighted by atomic mass is 9.99. The summed E-state index contributed by atoms with van der Waals surface area (Å²) in [5.41, 5.74) is 0.728. The minimum absolute atomic E-state index is 0.325. The lowest BCUT2D eigenvalue weighted by molar-refractivity contribution is -0.143. The lowest BCUT2D eigenvalue weighted by Gasteiger charge is -2.17. The SMILES string of the molecule is CN1CC[C@](O)(c2csc(-c3cccc(-c4ccnc(Nc5ccn(C)n5)n4)n3)n2)C1=O. The first-order valence-corrected chi connectivity index (χ1v) is 10.8. The molecule has 1 fully saturated rings. The number of rotatable bonds is 5. The molecular weight excluding hydrogens is 428 g/mol. The van der Waals surface area contributed by atoms with E-state index in [1.807, 2.05) is 37.5 Å². The van der Waals surface area contributed by atoms with Gasteiger partial charge in [-0.3, -0.25) is 9.48 Å². The van der Waals surface area contributed by atoms with Gasteiger partial charge in [0.1, 0.15) is 5.01 Å². The highest BCUT2D eigenvalue weighted by Gasteiger charge is 2.47. The summed E-state index contributed by atoms with van der Waals surface area (Å²) >= 11 is 1.34. The van der Waals surface area contributed by atoms with Crippen LogP contribution in [0.4, 0.5) is 11.8 Å². The minimum atomic E-state index is -1.57. The van der Waals surface area contributed by atoms with E-state index in [9.17, 15) is 9.90 Å². The molecule has 1 atom stereocenters. The van der Waals surface area contributed by atoms with E-state index in [-0.39, 0.29) is 5.91 Å². The number of likely N-dealkylation sites (N-methyl/N-ethyl adjacent to an activating group) is 1. The van der Waals surface area contributed by atoms with Crippen LogP contribution in [0.2, 0.25) is 0 Å². The zero-order chi connectivity index (χ0) is 22.3. The summed E-state index contributed by atoms with van der Waals surface area (Å²) in [7, 11) is 3.51. The fourth-order valence-electron chi connectivity index (χ4n) is 3.53. The van der Waals surface area contributed by atoms with Gasteiger partial charge in [-0.1, -0.05) is 6.07 Å². The van der Waals surface area contributed by atoms with Crippen LogP contribution in [-0.2, 0) is 17.4 Å². The fraction of sp³-hybridized carbons (Fsp3) is 0.238. The average Bonchev–Trinajstić information content (AvgIpc) is 3.52. The van der Waals surface area contributed by atoms with Gasteiger partial charge in [0.2, 0.25) is 5.95 Å². The normalized spacial score (nSPS) is 18.3. The van der Waals surface area contributed by atoms with Crippen LogP contribution in [0.25, 0.3) is 22.1 Å². The van der Waals surface area contributed by atoms with Gasteiger partial charge >= 0.3 is 0 Å². The molecule has 0 aliphatic carbocycles. The lowest BCUT2D eigenvalue weighted by Crippen LogP contribution is -2.36. The molecule has 162 valence electrons. The predicted octanol–water partition coefficient (Wildman–Crippen LogP) is 2.19. The van der Waals surface area contributed by atoms with Crippen molar-refractivity contribution >= 4 is 29.0 Å². The van der Waals surface area contributed by atoms with Gasteiger partial charge < -0.3 is 15.3 Å². The number of carbonyl (C=O) groups excluding carboxylic acids is 1. The zero-order valence-corrected chi connectivity index (χ0v) is 18.2. The number of hydrogen-bond acceptors (Lipinski definition) is 9. The van der Waals surface area contributed by atoms with Crippen molar-refractivity contribution in [3.8, 4) is 22.1 Å². The third-order valence-corrected chi connectivity index (χ3v) is 6.14. The van der Waals surface area contributed by atoms with E-state index < -0.39 is 5.60 Å². The van der Waals surface area contributed by atoms with Gasteiger partial charge in [0.15, 0.2) is 11.4 Å². The zero-order valence-electron chi connectivity index (χ0n) is 17.4. The molecule has 2 N–H and O–H groups in total. The molecule has 11 heteroatoms. The molecule has 10 nitrogen and oxygen atoms in total. The number of nitrogens with zero attached hydrogens (tertiary/aromatic N) is 7. The van der Waals surface area contributed by atoms with Gasteiger partial charge in [-0.05, 0) is 18.2 Å². The van der Waals surface area contributed by atoms with E-state index in [0.717, 1.165) is 0 Å². The van der Waals surface area contributed by atoms with Gasteiger partial charge in [-0.2, -0.15) is 5.10 Å². The number of aryl methyl sites for hydroxylation is 1. The van der Waals surface area contributed by atoms with Crippen LogP contribution in [0.3, 0.4) is 0 Å². The molecule has 5 rings (SSSR count). The number of anilines is 2. The van der Waals surface area contributed by atoms with Crippen molar-refractivity contribution in [3.05, 3.63) is 53.8 Å². The number of aliphatic hydroxyl groups is 1. The summed E-state index contributed by atoms with van der Waals surface area (Å²) in [5.74, 6) is 0.729. The van der Waals surface area contributed by atoms with Crippen molar-refractivity contribution in [1.29, 1.82) is 0 Å². The molecule has 1 amide bonds. The molecule has 0 bridgehead atoms. The number of aromatic nitrogens is 6. The van der Waals surface area contributed by atoms with Crippen LogP contribution >= 0.6 is 11.3 Å². The summed E-state index contributed by atoms with van der Waals surface area (Å²) in [6.45, 7) is 0.499. The number of carbonyl (C=O) groups is 1. The molecule has 1 aliphatic rings. The first kappa shape index (κ1) is 20.2. The van der Waals surface area contributed by atoms with Crippen molar-refractivity contribution in [1.82, 2.24) is 34.6 Å². The van der Waals surface area contributed by atoms with E-state index in [1.165, 1.54) is 16.2 Å². The Balaban J connectivity index is 1.42. The molecule has 0 aromatic carbocycles. The molecule has 4 aromatic rings. The highest BCUT2D eigenvalue weighted by Crippen LogP contribution is 2.35. The smallest absolute Gasteiger partial charge is 0.260 e. The molecule has 1 saturated heterocycles. The third kappa shape index (κ3) is 3.61. The van der Waals surface area contributed by atoms with E-state index in [4.69, 9.17) is 4.98 Å². The summed E-state index contributed by atoms with van der Waals surface area (Å²) in [5, 5.41) is 20.5. The Morgan fingerprint density at radius 3 is 2.66 bits per heavy atom. The standard InChI is InChI=1S/C21H20N8O2S/c1-28-11-8-21(31,19(28)30)16-12-32-18(25-16)15-5-3-4-13(23-15)14-6-9-22-20(24-14)26-17-7-10-29(2)27-17/h3-7,9-10,12,31H,8,11H2,1-2H3,(H,22,24,26,27)/t21-/m0/s1. The van der Waals surface area contributed by atoms with Crippen LogP contribution in [0.5, 0.6) is 0 Å². The topological polar surface area (TPSA) is 122 Å². The Kier molecular flexibility index (Phi) is 4.91. The van der Waals surface area contributed by atoms with Gasteiger partial charge in [0.25, 0.3) is 5.91 Å². The number of hydrogen-bond donors (Lipinski definition) is 2. The van der Waals surface area contributed by atoms with E-state index >= 15 is 0 Å². The number of thiazole rings is 1. The number of nitrogens with one attached hydrogen (secondary N) is 1. The fourth-order valence-corrected chi connectivity index (χ4v) is 4.38. The maximum atomic E-state index is 12.4. The minimum Gasteiger partial charge on any atom is -0.374 e. The van der Waals surface area contributed by atoms with Crippen molar-refractivity contribution in [2.75, 3.05) is 18.9 Å². The summed E-state index contributed by atoms with van der Waals surface area (Å²) < 4.78 is 1.69.